The van der Waals surface area contributed by atoms with Gasteiger partial charge in [0.15, 0.2) is 0 Å². The molecule has 2 rings (SSSR count). The highest BCUT2D eigenvalue weighted by Crippen LogP contribution is 2.38. The number of hydrogen-bond acceptors (Lipinski definition) is 2. The molecule has 0 bridgehead atoms. The number of likely N-dealkylation sites (N-methyl/N-ethyl adjacent to an activating group) is 1. The molecule has 1 aromatic carbocycles. The first-order valence-electron chi connectivity index (χ1n) is 8.51. The summed E-state index contributed by atoms with van der Waals surface area (Å²) in [6.07, 6.45) is -9.09. The summed E-state index contributed by atoms with van der Waals surface area (Å²) in [5.74, 6) is 0. The van der Waals surface area contributed by atoms with Crippen molar-refractivity contribution in [1.82, 2.24) is 4.90 Å². The molecule has 0 N–H and O–H groups in total. The van der Waals surface area contributed by atoms with E-state index in [1.54, 1.807) is 0 Å². The van der Waals surface area contributed by atoms with Gasteiger partial charge < -0.3 is 4.74 Å². The third kappa shape index (κ3) is 5.25. The smallest absolute Gasteiger partial charge is 0.372 e. The molecule has 1 saturated heterocycles. The van der Waals surface area contributed by atoms with Crippen molar-refractivity contribution in [3.05, 3.63) is 47.0 Å². The van der Waals surface area contributed by atoms with Crippen LogP contribution >= 0.6 is 0 Å². The number of ether oxygens (including phenoxy) is 1. The Morgan fingerprint density at radius 3 is 2.07 bits per heavy atom. The average Bonchev–Trinajstić information content (AvgIpc) is 2.54. The molecule has 152 valence electrons. The number of benzene rings is 1. The summed E-state index contributed by atoms with van der Waals surface area (Å²) in [6, 6.07) is 1.56. The molecule has 0 aromatic heterocycles. The lowest BCUT2D eigenvalue weighted by atomic mass is 9.88. The maximum atomic E-state index is 13.0. The second-order valence-electron chi connectivity index (χ2n) is 7.40. The van der Waals surface area contributed by atoms with E-state index in [0.29, 0.717) is 18.7 Å². The fraction of sp³-hybridized carbons (Fsp3) is 0.579. The van der Waals surface area contributed by atoms with Crippen molar-refractivity contribution < 1.29 is 31.1 Å². The van der Waals surface area contributed by atoms with E-state index in [1.807, 2.05) is 18.9 Å². The lowest BCUT2D eigenvalue weighted by molar-refractivity contribution is -0.143. The van der Waals surface area contributed by atoms with Crippen LogP contribution in [-0.2, 0) is 17.1 Å². The molecule has 0 aliphatic carbocycles. The minimum atomic E-state index is -4.87. The summed E-state index contributed by atoms with van der Waals surface area (Å²) >= 11 is 0. The van der Waals surface area contributed by atoms with Crippen molar-refractivity contribution >= 4 is 0 Å². The summed E-state index contributed by atoms with van der Waals surface area (Å²) in [5, 5.41) is 0. The fourth-order valence-electron chi connectivity index (χ4n) is 3.04. The molecule has 1 aliphatic rings. The van der Waals surface area contributed by atoms with Crippen LogP contribution in [0, 0.1) is 0 Å². The van der Waals surface area contributed by atoms with Crippen LogP contribution in [0.5, 0.6) is 0 Å². The van der Waals surface area contributed by atoms with Gasteiger partial charge in [0, 0.05) is 12.1 Å². The standard InChI is InChI=1S/C19H23F6NO/c1-12-5-6-17(3,26(4)10-12)11-27-13(2)14-7-15(18(20,21)22)9-16(8-14)19(23,24)25/h7-9,13H,1,5-6,10-11H2,2-4H3. The molecule has 0 amide bonds. The molecule has 0 radical (unpaired) electrons. The molecular formula is C19H23F6NO. The zero-order chi connectivity index (χ0) is 20.6. The average molecular weight is 395 g/mol. The third-order valence-corrected chi connectivity index (χ3v) is 5.12. The van der Waals surface area contributed by atoms with Gasteiger partial charge in [0.05, 0.1) is 23.8 Å². The first-order chi connectivity index (χ1) is 12.2. The van der Waals surface area contributed by atoms with Crippen molar-refractivity contribution in [2.45, 2.75) is 50.7 Å². The molecule has 2 nitrogen and oxygen atoms in total. The topological polar surface area (TPSA) is 12.5 Å². The van der Waals surface area contributed by atoms with Crippen molar-refractivity contribution in [1.29, 1.82) is 0 Å². The van der Waals surface area contributed by atoms with Gasteiger partial charge in [0.25, 0.3) is 0 Å². The minimum absolute atomic E-state index is 0.123. The molecular weight excluding hydrogens is 372 g/mol. The highest BCUT2D eigenvalue weighted by Gasteiger charge is 2.38. The van der Waals surface area contributed by atoms with Gasteiger partial charge in [-0.1, -0.05) is 12.2 Å². The Balaban J connectivity index is 2.22. The Bertz CT molecular complexity index is 664. The monoisotopic (exact) mass is 395 g/mol. The number of likely N-dealkylation sites (tertiary alicyclic amines) is 1. The van der Waals surface area contributed by atoms with E-state index in [1.165, 1.54) is 6.92 Å². The zero-order valence-electron chi connectivity index (χ0n) is 15.5. The lowest BCUT2D eigenvalue weighted by Gasteiger charge is -2.43. The molecule has 8 heteroatoms. The van der Waals surface area contributed by atoms with E-state index < -0.39 is 29.6 Å². The number of alkyl halides is 6. The molecule has 2 unspecified atom stereocenters. The van der Waals surface area contributed by atoms with Crippen LogP contribution in [-0.4, -0.2) is 30.6 Å². The van der Waals surface area contributed by atoms with E-state index in [4.69, 9.17) is 4.74 Å². The van der Waals surface area contributed by atoms with Crippen molar-refractivity contribution in [3.63, 3.8) is 0 Å². The highest BCUT2D eigenvalue weighted by molar-refractivity contribution is 5.34. The van der Waals surface area contributed by atoms with Gasteiger partial charge in [-0.25, -0.2) is 0 Å². The van der Waals surface area contributed by atoms with Crippen LogP contribution in [0.3, 0.4) is 0 Å². The predicted molar refractivity (Wildman–Crippen MR) is 90.2 cm³/mol. The van der Waals surface area contributed by atoms with E-state index in [9.17, 15) is 26.3 Å². The van der Waals surface area contributed by atoms with Crippen molar-refractivity contribution in [2.75, 3.05) is 20.2 Å². The molecule has 0 saturated carbocycles. The Hall–Kier alpha value is -1.54. The first kappa shape index (κ1) is 21.8. The molecule has 1 aromatic rings. The van der Waals surface area contributed by atoms with Gasteiger partial charge in [-0.05, 0) is 57.5 Å². The van der Waals surface area contributed by atoms with Crippen LogP contribution in [0.25, 0.3) is 0 Å². The van der Waals surface area contributed by atoms with Gasteiger partial charge in [0.2, 0.25) is 0 Å². The largest absolute Gasteiger partial charge is 0.416 e. The second-order valence-corrected chi connectivity index (χ2v) is 7.40. The number of piperidine rings is 1. The Morgan fingerprint density at radius 2 is 1.63 bits per heavy atom. The van der Waals surface area contributed by atoms with E-state index >= 15 is 0 Å². The summed E-state index contributed by atoms with van der Waals surface area (Å²) in [4.78, 5) is 2.04. The number of halogens is 6. The van der Waals surface area contributed by atoms with Crippen molar-refractivity contribution in [3.8, 4) is 0 Å². The quantitative estimate of drug-likeness (QED) is 0.469. The van der Waals surface area contributed by atoms with E-state index in [0.717, 1.165) is 18.4 Å². The molecule has 0 spiro atoms. The summed E-state index contributed by atoms with van der Waals surface area (Å²) in [5.41, 5.74) is -2.09. The van der Waals surface area contributed by atoms with Crippen LogP contribution in [0.4, 0.5) is 26.3 Å². The Morgan fingerprint density at radius 1 is 1.11 bits per heavy atom. The van der Waals surface area contributed by atoms with Gasteiger partial charge >= 0.3 is 12.4 Å². The maximum Gasteiger partial charge on any atom is 0.416 e. The Kier molecular flexibility index (Phi) is 6.02. The van der Waals surface area contributed by atoms with E-state index in [2.05, 4.69) is 6.58 Å². The fourth-order valence-corrected chi connectivity index (χ4v) is 3.04. The summed E-state index contributed by atoms with van der Waals surface area (Å²) in [6.45, 7) is 8.23. The maximum absolute atomic E-state index is 13.0. The Labute approximate surface area is 154 Å². The second kappa shape index (κ2) is 7.47. The minimum Gasteiger partial charge on any atom is -0.372 e. The summed E-state index contributed by atoms with van der Waals surface area (Å²) in [7, 11) is 1.89. The lowest BCUT2D eigenvalue weighted by Crippen LogP contribution is -2.51. The van der Waals surface area contributed by atoms with Gasteiger partial charge in [-0.2, -0.15) is 26.3 Å². The van der Waals surface area contributed by atoms with Crippen LogP contribution in [0.15, 0.2) is 30.4 Å². The first-order valence-corrected chi connectivity index (χ1v) is 8.51. The number of nitrogens with zero attached hydrogens (tertiary/aromatic N) is 1. The van der Waals surface area contributed by atoms with Gasteiger partial charge in [-0.3, -0.25) is 4.90 Å². The number of rotatable bonds is 4. The van der Waals surface area contributed by atoms with Gasteiger partial charge in [0.1, 0.15) is 0 Å². The molecule has 27 heavy (non-hydrogen) atoms. The van der Waals surface area contributed by atoms with E-state index in [-0.39, 0.29) is 23.8 Å². The summed E-state index contributed by atoms with van der Waals surface area (Å²) < 4.78 is 83.7. The third-order valence-electron chi connectivity index (χ3n) is 5.12. The van der Waals surface area contributed by atoms with Gasteiger partial charge in [-0.15, -0.1) is 0 Å². The molecule has 1 heterocycles. The van der Waals surface area contributed by atoms with Crippen LogP contribution in [0.1, 0.15) is 49.5 Å². The molecule has 1 aliphatic heterocycles. The molecule has 1 fully saturated rings. The van der Waals surface area contributed by atoms with Crippen molar-refractivity contribution in [2.24, 2.45) is 0 Å². The SMILES string of the molecule is C=C1CCC(C)(COC(C)c2cc(C(F)(F)F)cc(C(F)(F)F)c2)N(C)C1. The normalized spacial score (nSPS) is 23.5. The van der Waals surface area contributed by atoms with Crippen LogP contribution < -0.4 is 0 Å². The number of hydrogen-bond donors (Lipinski definition) is 0. The highest BCUT2D eigenvalue weighted by atomic mass is 19.4. The predicted octanol–water partition coefficient (Wildman–Crippen LogP) is 5.84. The zero-order valence-corrected chi connectivity index (χ0v) is 15.5. The van der Waals surface area contributed by atoms with Crippen LogP contribution in [0.2, 0.25) is 0 Å². The molecule has 2 atom stereocenters.